The number of ether oxygens (including phenoxy) is 2. The van der Waals surface area contributed by atoms with Gasteiger partial charge in [0.2, 0.25) is 5.91 Å². The van der Waals surface area contributed by atoms with E-state index in [0.717, 1.165) is 9.99 Å². The molecule has 0 aliphatic carbocycles. The molecule has 3 aromatic carbocycles. The fourth-order valence-corrected chi connectivity index (χ4v) is 5.74. The first-order chi connectivity index (χ1) is 17.3. The highest BCUT2D eigenvalue weighted by Gasteiger charge is 2.31. The molecule has 0 unspecified atom stereocenters. The Morgan fingerprint density at radius 1 is 0.889 bits per heavy atom. The summed E-state index contributed by atoms with van der Waals surface area (Å²) >= 11 is 6.12. The lowest BCUT2D eigenvalue weighted by Gasteiger charge is -2.37. The van der Waals surface area contributed by atoms with Crippen LogP contribution in [-0.2, 0) is 14.8 Å². The minimum Gasteiger partial charge on any atom is -0.493 e. The number of nitrogens with zero attached hydrogens (tertiary/aromatic N) is 3. The minimum atomic E-state index is -4.08. The number of carbonyl (C=O) groups is 1. The van der Waals surface area contributed by atoms with Crippen molar-refractivity contribution in [1.29, 1.82) is 0 Å². The van der Waals surface area contributed by atoms with Crippen LogP contribution in [0.1, 0.15) is 0 Å². The van der Waals surface area contributed by atoms with Gasteiger partial charge in [-0.05, 0) is 42.5 Å². The Bertz CT molecular complexity index is 1310. The van der Waals surface area contributed by atoms with Gasteiger partial charge in [-0.3, -0.25) is 9.10 Å². The number of rotatable bonds is 8. The zero-order valence-corrected chi connectivity index (χ0v) is 21.7. The summed E-state index contributed by atoms with van der Waals surface area (Å²) in [5, 5.41) is 0.657. The number of halogens is 1. The number of piperazine rings is 1. The number of hydrogen-bond acceptors (Lipinski definition) is 6. The highest BCUT2D eigenvalue weighted by molar-refractivity contribution is 7.92. The molecule has 190 valence electrons. The zero-order valence-electron chi connectivity index (χ0n) is 20.1. The van der Waals surface area contributed by atoms with Gasteiger partial charge in [0.25, 0.3) is 10.0 Å². The number of amides is 1. The molecule has 0 radical (unpaired) electrons. The molecular weight excluding hydrogens is 502 g/mol. The maximum absolute atomic E-state index is 13.7. The Hall–Kier alpha value is -3.43. The molecule has 8 nitrogen and oxygen atoms in total. The molecule has 1 amide bonds. The molecule has 0 saturated carbocycles. The van der Waals surface area contributed by atoms with E-state index in [1.807, 2.05) is 24.3 Å². The number of para-hydroxylation sites is 1. The van der Waals surface area contributed by atoms with Crippen LogP contribution in [0.5, 0.6) is 11.5 Å². The van der Waals surface area contributed by atoms with E-state index < -0.39 is 10.0 Å². The first-order valence-corrected chi connectivity index (χ1v) is 13.2. The summed E-state index contributed by atoms with van der Waals surface area (Å²) in [7, 11) is -1.16. The van der Waals surface area contributed by atoms with Crippen molar-refractivity contribution < 1.29 is 22.7 Å². The summed E-state index contributed by atoms with van der Waals surface area (Å²) in [4.78, 5) is 17.2. The second kappa shape index (κ2) is 11.1. The van der Waals surface area contributed by atoms with E-state index in [1.54, 1.807) is 35.2 Å². The van der Waals surface area contributed by atoms with Crippen molar-refractivity contribution in [2.75, 3.05) is 56.1 Å². The highest BCUT2D eigenvalue weighted by Crippen LogP contribution is 2.32. The minimum absolute atomic E-state index is 0.00239. The van der Waals surface area contributed by atoms with Gasteiger partial charge in [0, 0.05) is 43.0 Å². The quantitative estimate of drug-likeness (QED) is 0.440. The molecule has 1 aliphatic heterocycles. The van der Waals surface area contributed by atoms with Crippen LogP contribution < -0.4 is 18.7 Å². The monoisotopic (exact) mass is 529 g/mol. The maximum atomic E-state index is 13.7. The Kier molecular flexibility index (Phi) is 7.91. The largest absolute Gasteiger partial charge is 0.493 e. The number of methoxy groups -OCH3 is 2. The van der Waals surface area contributed by atoms with Crippen molar-refractivity contribution >= 4 is 38.9 Å². The van der Waals surface area contributed by atoms with Gasteiger partial charge in [0.05, 0.1) is 24.8 Å². The third-order valence-electron chi connectivity index (χ3n) is 6.07. The van der Waals surface area contributed by atoms with Crippen molar-refractivity contribution in [2.24, 2.45) is 0 Å². The molecule has 1 aliphatic rings. The Morgan fingerprint density at radius 2 is 1.58 bits per heavy atom. The smallest absolute Gasteiger partial charge is 0.264 e. The molecule has 0 aromatic heterocycles. The van der Waals surface area contributed by atoms with Crippen LogP contribution in [0.4, 0.5) is 11.4 Å². The Labute approximate surface area is 216 Å². The fourth-order valence-electron chi connectivity index (χ4n) is 4.12. The van der Waals surface area contributed by atoms with E-state index in [9.17, 15) is 13.2 Å². The van der Waals surface area contributed by atoms with Gasteiger partial charge in [-0.1, -0.05) is 35.9 Å². The summed E-state index contributed by atoms with van der Waals surface area (Å²) in [6.45, 7) is 1.88. The van der Waals surface area contributed by atoms with Gasteiger partial charge < -0.3 is 19.3 Å². The predicted molar refractivity (Wildman–Crippen MR) is 141 cm³/mol. The number of hydrogen-bond donors (Lipinski definition) is 0. The standard InChI is InChI=1S/C26H28ClN3O5S/c1-34-24-12-11-23(18-25(24)35-2)36(32,33)30(21-8-4-3-5-9-21)19-26(31)29-15-13-28(14-16-29)22-10-6-7-20(27)17-22/h3-12,17-18H,13-16,19H2,1-2H3. The van der Waals surface area contributed by atoms with Gasteiger partial charge in [0.15, 0.2) is 11.5 Å². The van der Waals surface area contributed by atoms with Gasteiger partial charge in [-0.15, -0.1) is 0 Å². The highest BCUT2D eigenvalue weighted by atomic mass is 35.5. The molecule has 0 bridgehead atoms. The molecular formula is C26H28ClN3O5S. The van der Waals surface area contributed by atoms with Crippen LogP contribution in [-0.4, -0.2) is 66.2 Å². The normalized spacial score (nSPS) is 13.9. The average Bonchev–Trinajstić information content (AvgIpc) is 2.91. The molecule has 3 aromatic rings. The van der Waals surface area contributed by atoms with Crippen molar-refractivity contribution in [3.05, 3.63) is 77.8 Å². The SMILES string of the molecule is COc1ccc(S(=O)(=O)N(CC(=O)N2CCN(c3cccc(Cl)c3)CC2)c2ccccc2)cc1OC. The topological polar surface area (TPSA) is 79.4 Å². The Balaban J connectivity index is 1.55. The Morgan fingerprint density at radius 3 is 2.22 bits per heavy atom. The third-order valence-corrected chi connectivity index (χ3v) is 8.08. The van der Waals surface area contributed by atoms with Gasteiger partial charge in [0.1, 0.15) is 6.54 Å². The van der Waals surface area contributed by atoms with E-state index in [2.05, 4.69) is 4.90 Å². The van der Waals surface area contributed by atoms with E-state index in [-0.39, 0.29) is 23.1 Å². The van der Waals surface area contributed by atoms with Crippen molar-refractivity contribution in [3.63, 3.8) is 0 Å². The first-order valence-electron chi connectivity index (χ1n) is 11.4. The van der Waals surface area contributed by atoms with Gasteiger partial charge >= 0.3 is 0 Å². The number of benzene rings is 3. The van der Waals surface area contributed by atoms with Gasteiger partial charge in [-0.25, -0.2) is 8.42 Å². The number of carbonyl (C=O) groups excluding carboxylic acids is 1. The molecule has 10 heteroatoms. The van der Waals surface area contributed by atoms with E-state index >= 15 is 0 Å². The lowest BCUT2D eigenvalue weighted by Crippen LogP contribution is -2.52. The maximum Gasteiger partial charge on any atom is 0.264 e. The summed E-state index contributed by atoms with van der Waals surface area (Å²) in [5.74, 6) is 0.431. The fraction of sp³-hybridized carbons (Fsp3) is 0.269. The van der Waals surface area contributed by atoms with Crippen LogP contribution in [0.3, 0.4) is 0 Å². The van der Waals surface area contributed by atoms with Crippen LogP contribution in [0.2, 0.25) is 5.02 Å². The van der Waals surface area contributed by atoms with Crippen LogP contribution in [0, 0.1) is 0 Å². The molecule has 0 spiro atoms. The molecule has 1 saturated heterocycles. The molecule has 0 N–H and O–H groups in total. The average molecular weight is 530 g/mol. The second-order valence-electron chi connectivity index (χ2n) is 8.21. The number of sulfonamides is 1. The molecule has 4 rings (SSSR count). The van der Waals surface area contributed by atoms with Crippen molar-refractivity contribution in [2.45, 2.75) is 4.90 Å². The van der Waals surface area contributed by atoms with Gasteiger partial charge in [-0.2, -0.15) is 0 Å². The predicted octanol–water partition coefficient (Wildman–Crippen LogP) is 3.90. The summed E-state index contributed by atoms with van der Waals surface area (Å²) in [5.41, 5.74) is 1.40. The lowest BCUT2D eigenvalue weighted by atomic mass is 10.2. The third kappa shape index (κ3) is 5.52. The molecule has 0 atom stereocenters. The van der Waals surface area contributed by atoms with Crippen molar-refractivity contribution in [3.8, 4) is 11.5 Å². The summed E-state index contributed by atoms with van der Waals surface area (Å²) < 4.78 is 39.1. The van der Waals surface area contributed by atoms with Crippen LogP contribution in [0.25, 0.3) is 0 Å². The van der Waals surface area contributed by atoms with Crippen molar-refractivity contribution in [1.82, 2.24) is 4.90 Å². The lowest BCUT2D eigenvalue weighted by molar-refractivity contribution is -0.129. The second-order valence-corrected chi connectivity index (χ2v) is 10.5. The van der Waals surface area contributed by atoms with E-state index in [0.29, 0.717) is 42.6 Å². The molecule has 1 fully saturated rings. The molecule has 1 heterocycles. The number of anilines is 2. The van der Waals surface area contributed by atoms with Crippen LogP contribution >= 0.6 is 11.6 Å². The molecule has 36 heavy (non-hydrogen) atoms. The summed E-state index contributed by atoms with van der Waals surface area (Å²) in [6, 6.07) is 20.6. The van der Waals surface area contributed by atoms with Crippen LogP contribution in [0.15, 0.2) is 77.7 Å². The summed E-state index contributed by atoms with van der Waals surface area (Å²) in [6.07, 6.45) is 0. The van der Waals surface area contributed by atoms with E-state index in [4.69, 9.17) is 21.1 Å². The first kappa shape index (κ1) is 25.7. The van der Waals surface area contributed by atoms with E-state index in [1.165, 1.54) is 32.4 Å². The zero-order chi connectivity index (χ0) is 25.7.